The van der Waals surface area contributed by atoms with Gasteiger partial charge >= 0.3 is 0 Å². The Morgan fingerprint density at radius 3 is 2.62 bits per heavy atom. The standard InChI is InChI=1S/C18H20N2O/c1-20(12-13-6-8-15(9-7-13)18(19)21)17-11-10-14-4-2-3-5-16(14)17/h2-9,17H,10-12H2,1H3,(H2,19,21). The van der Waals surface area contributed by atoms with Crippen molar-refractivity contribution in [3.63, 3.8) is 0 Å². The summed E-state index contributed by atoms with van der Waals surface area (Å²) in [6, 6.07) is 16.7. The summed E-state index contributed by atoms with van der Waals surface area (Å²) < 4.78 is 0. The highest BCUT2D eigenvalue weighted by Gasteiger charge is 2.25. The van der Waals surface area contributed by atoms with Crippen LogP contribution in [0.25, 0.3) is 0 Å². The van der Waals surface area contributed by atoms with E-state index in [-0.39, 0.29) is 5.91 Å². The number of amides is 1. The first-order valence-corrected chi connectivity index (χ1v) is 7.32. The highest BCUT2D eigenvalue weighted by atomic mass is 16.1. The van der Waals surface area contributed by atoms with Crippen molar-refractivity contribution < 1.29 is 4.79 Å². The maximum absolute atomic E-state index is 11.1. The van der Waals surface area contributed by atoms with Crippen LogP contribution < -0.4 is 5.73 Å². The van der Waals surface area contributed by atoms with Crippen LogP contribution in [-0.2, 0) is 13.0 Å². The van der Waals surface area contributed by atoms with E-state index in [9.17, 15) is 4.79 Å². The summed E-state index contributed by atoms with van der Waals surface area (Å²) in [7, 11) is 2.16. The molecule has 21 heavy (non-hydrogen) atoms. The van der Waals surface area contributed by atoms with Crippen LogP contribution in [0.1, 0.15) is 39.5 Å². The SMILES string of the molecule is CN(Cc1ccc(C(N)=O)cc1)C1CCc2ccccc21. The summed E-state index contributed by atoms with van der Waals surface area (Å²) >= 11 is 0. The highest BCUT2D eigenvalue weighted by Crippen LogP contribution is 2.35. The third-order valence-corrected chi connectivity index (χ3v) is 4.30. The molecule has 0 aliphatic heterocycles. The highest BCUT2D eigenvalue weighted by molar-refractivity contribution is 5.92. The fourth-order valence-electron chi connectivity index (χ4n) is 3.17. The Bertz CT molecular complexity index is 649. The third kappa shape index (κ3) is 2.83. The Kier molecular flexibility index (Phi) is 3.76. The van der Waals surface area contributed by atoms with Crippen molar-refractivity contribution >= 4 is 5.91 Å². The third-order valence-electron chi connectivity index (χ3n) is 4.30. The number of benzene rings is 2. The minimum absolute atomic E-state index is 0.375. The second kappa shape index (κ2) is 5.70. The van der Waals surface area contributed by atoms with Crippen molar-refractivity contribution in [2.75, 3.05) is 7.05 Å². The number of nitrogens with zero attached hydrogens (tertiary/aromatic N) is 1. The van der Waals surface area contributed by atoms with Crippen molar-refractivity contribution in [2.24, 2.45) is 5.73 Å². The summed E-state index contributed by atoms with van der Waals surface area (Å²) in [5.41, 5.74) is 9.96. The molecule has 0 heterocycles. The van der Waals surface area contributed by atoms with Crippen molar-refractivity contribution in [2.45, 2.75) is 25.4 Å². The molecule has 1 aliphatic carbocycles. The largest absolute Gasteiger partial charge is 0.366 e. The van der Waals surface area contributed by atoms with Crippen LogP contribution in [-0.4, -0.2) is 17.9 Å². The molecule has 1 aliphatic rings. The Balaban J connectivity index is 1.72. The lowest BCUT2D eigenvalue weighted by Crippen LogP contribution is -2.22. The van der Waals surface area contributed by atoms with E-state index in [1.54, 1.807) is 12.1 Å². The topological polar surface area (TPSA) is 46.3 Å². The van der Waals surface area contributed by atoms with Gasteiger partial charge in [-0.1, -0.05) is 36.4 Å². The number of carbonyl (C=O) groups excluding carboxylic acids is 1. The van der Waals surface area contributed by atoms with Crippen molar-refractivity contribution in [3.8, 4) is 0 Å². The molecule has 1 atom stereocenters. The minimum Gasteiger partial charge on any atom is -0.366 e. The van der Waals surface area contributed by atoms with E-state index < -0.39 is 0 Å². The predicted octanol–water partition coefficient (Wildman–Crippen LogP) is 2.90. The minimum atomic E-state index is -0.375. The number of hydrogen-bond donors (Lipinski definition) is 1. The van der Waals surface area contributed by atoms with E-state index in [0.717, 1.165) is 13.0 Å². The van der Waals surface area contributed by atoms with E-state index in [2.05, 4.69) is 36.2 Å². The zero-order chi connectivity index (χ0) is 14.8. The fraction of sp³-hybridized carbons (Fsp3) is 0.278. The first kappa shape index (κ1) is 13.8. The Morgan fingerprint density at radius 2 is 1.90 bits per heavy atom. The quantitative estimate of drug-likeness (QED) is 0.936. The molecule has 2 aromatic rings. The summed E-state index contributed by atoms with van der Waals surface area (Å²) in [5.74, 6) is -0.375. The molecule has 0 saturated carbocycles. The maximum atomic E-state index is 11.1. The Hall–Kier alpha value is -2.13. The lowest BCUT2D eigenvalue weighted by molar-refractivity contribution is 0.100. The van der Waals surface area contributed by atoms with Gasteiger partial charge in [0, 0.05) is 18.2 Å². The van der Waals surface area contributed by atoms with Crippen LogP contribution in [0.15, 0.2) is 48.5 Å². The van der Waals surface area contributed by atoms with E-state index >= 15 is 0 Å². The lowest BCUT2D eigenvalue weighted by Gasteiger charge is -2.25. The van der Waals surface area contributed by atoms with E-state index in [1.165, 1.54) is 23.1 Å². The number of nitrogens with two attached hydrogens (primary N) is 1. The average molecular weight is 280 g/mol. The van der Waals surface area contributed by atoms with Crippen molar-refractivity contribution in [3.05, 3.63) is 70.8 Å². The van der Waals surface area contributed by atoms with E-state index in [1.807, 2.05) is 12.1 Å². The zero-order valence-corrected chi connectivity index (χ0v) is 12.3. The molecule has 2 aromatic carbocycles. The second-order valence-electron chi connectivity index (χ2n) is 5.73. The van der Waals surface area contributed by atoms with Gasteiger partial charge in [0.2, 0.25) is 5.91 Å². The first-order valence-electron chi connectivity index (χ1n) is 7.32. The number of hydrogen-bond acceptors (Lipinski definition) is 2. The van der Waals surface area contributed by atoms with Crippen LogP contribution in [0.2, 0.25) is 0 Å². The van der Waals surface area contributed by atoms with Gasteiger partial charge in [-0.3, -0.25) is 9.69 Å². The first-order chi connectivity index (χ1) is 10.1. The smallest absolute Gasteiger partial charge is 0.248 e. The van der Waals surface area contributed by atoms with Gasteiger partial charge in [0.1, 0.15) is 0 Å². The van der Waals surface area contributed by atoms with Gasteiger partial charge in [0.05, 0.1) is 0 Å². The monoisotopic (exact) mass is 280 g/mol. The molecule has 1 amide bonds. The normalized spacial score (nSPS) is 17.0. The van der Waals surface area contributed by atoms with Gasteiger partial charge in [0.15, 0.2) is 0 Å². The predicted molar refractivity (Wildman–Crippen MR) is 83.9 cm³/mol. The summed E-state index contributed by atoms with van der Waals surface area (Å²) in [6.07, 6.45) is 2.33. The molecular weight excluding hydrogens is 260 g/mol. The van der Waals surface area contributed by atoms with Crippen LogP contribution in [0.4, 0.5) is 0 Å². The van der Waals surface area contributed by atoms with E-state index in [4.69, 9.17) is 5.73 Å². The average Bonchev–Trinajstić information content (AvgIpc) is 2.92. The molecule has 3 rings (SSSR count). The number of aryl methyl sites for hydroxylation is 1. The molecule has 3 heteroatoms. The molecule has 0 bridgehead atoms. The second-order valence-corrected chi connectivity index (χ2v) is 5.73. The molecule has 0 fully saturated rings. The Labute approximate surface area is 125 Å². The molecule has 0 saturated heterocycles. The van der Waals surface area contributed by atoms with Crippen LogP contribution in [0, 0.1) is 0 Å². The fourth-order valence-corrected chi connectivity index (χ4v) is 3.17. The molecule has 108 valence electrons. The maximum Gasteiger partial charge on any atom is 0.248 e. The molecular formula is C18H20N2O. The molecule has 0 spiro atoms. The number of carbonyl (C=O) groups is 1. The summed E-state index contributed by atoms with van der Waals surface area (Å²) in [4.78, 5) is 13.5. The van der Waals surface area contributed by atoms with Crippen LogP contribution >= 0.6 is 0 Å². The van der Waals surface area contributed by atoms with E-state index in [0.29, 0.717) is 11.6 Å². The molecule has 3 nitrogen and oxygen atoms in total. The van der Waals surface area contributed by atoms with Crippen molar-refractivity contribution in [1.82, 2.24) is 4.90 Å². The van der Waals surface area contributed by atoms with Crippen LogP contribution in [0.3, 0.4) is 0 Å². The lowest BCUT2D eigenvalue weighted by atomic mass is 10.1. The van der Waals surface area contributed by atoms with Gasteiger partial charge in [-0.2, -0.15) is 0 Å². The van der Waals surface area contributed by atoms with Gasteiger partial charge < -0.3 is 5.73 Å². The molecule has 0 aromatic heterocycles. The zero-order valence-electron chi connectivity index (χ0n) is 12.3. The molecule has 0 radical (unpaired) electrons. The molecule has 2 N–H and O–H groups in total. The number of primary amides is 1. The van der Waals surface area contributed by atoms with Gasteiger partial charge in [0.25, 0.3) is 0 Å². The number of fused-ring (bicyclic) bond motifs is 1. The summed E-state index contributed by atoms with van der Waals surface area (Å²) in [6.45, 7) is 0.873. The Morgan fingerprint density at radius 1 is 1.19 bits per heavy atom. The molecule has 1 unspecified atom stereocenters. The van der Waals surface area contributed by atoms with Crippen molar-refractivity contribution in [1.29, 1.82) is 0 Å². The summed E-state index contributed by atoms with van der Waals surface area (Å²) in [5, 5.41) is 0. The van der Waals surface area contributed by atoms with Gasteiger partial charge in [-0.05, 0) is 48.7 Å². The van der Waals surface area contributed by atoms with Gasteiger partial charge in [-0.15, -0.1) is 0 Å². The van der Waals surface area contributed by atoms with Crippen LogP contribution in [0.5, 0.6) is 0 Å². The van der Waals surface area contributed by atoms with Gasteiger partial charge in [-0.25, -0.2) is 0 Å². The number of rotatable bonds is 4.